The number of halogens is 1. The van der Waals surface area contributed by atoms with Gasteiger partial charge in [-0.25, -0.2) is 0 Å². The fraction of sp³-hybridized carbons (Fsp3) is 0.867. The minimum absolute atomic E-state index is 0.421. The Morgan fingerprint density at radius 2 is 2.10 bits per heavy atom. The molecule has 0 amide bonds. The molecular formula is C15H25BrN4. The normalized spacial score (nSPS) is 29.6. The zero-order valence-electron chi connectivity index (χ0n) is 12.7. The van der Waals surface area contributed by atoms with E-state index in [0.29, 0.717) is 17.3 Å². The molecule has 2 saturated carbocycles. The molecule has 1 aromatic rings. The number of nitrogens with zero attached hydrogens (tertiary/aromatic N) is 3. The van der Waals surface area contributed by atoms with Gasteiger partial charge in [-0.2, -0.15) is 0 Å². The Hall–Kier alpha value is -0.420. The third-order valence-electron chi connectivity index (χ3n) is 4.96. The summed E-state index contributed by atoms with van der Waals surface area (Å²) in [6.07, 6.45) is 6.57. The van der Waals surface area contributed by atoms with Crippen LogP contribution in [0, 0.1) is 11.3 Å². The summed E-state index contributed by atoms with van der Waals surface area (Å²) in [5.74, 6) is 1.26. The predicted octanol–water partition coefficient (Wildman–Crippen LogP) is 3.24. The van der Waals surface area contributed by atoms with Crippen LogP contribution in [0.25, 0.3) is 0 Å². The van der Waals surface area contributed by atoms with Gasteiger partial charge in [0, 0.05) is 19.0 Å². The van der Waals surface area contributed by atoms with Crippen LogP contribution in [-0.2, 0) is 7.05 Å². The van der Waals surface area contributed by atoms with E-state index >= 15 is 0 Å². The first-order valence-corrected chi connectivity index (χ1v) is 8.54. The highest BCUT2D eigenvalue weighted by Crippen LogP contribution is 2.47. The maximum absolute atomic E-state index is 4.19. The van der Waals surface area contributed by atoms with Crippen LogP contribution in [0.1, 0.15) is 57.6 Å². The molecule has 5 heteroatoms. The lowest BCUT2D eigenvalue weighted by molar-refractivity contribution is 0.154. The highest BCUT2D eigenvalue weighted by atomic mass is 79.9. The van der Waals surface area contributed by atoms with Gasteiger partial charge in [-0.05, 0) is 65.9 Å². The molecule has 0 saturated heterocycles. The topological polar surface area (TPSA) is 42.7 Å². The maximum atomic E-state index is 4.19. The minimum atomic E-state index is 0.421. The lowest BCUT2D eigenvalue weighted by atomic mass is 9.66. The first-order chi connectivity index (χ1) is 9.46. The summed E-state index contributed by atoms with van der Waals surface area (Å²) in [6, 6.07) is 0.790. The fourth-order valence-electron chi connectivity index (χ4n) is 3.54. The molecule has 20 heavy (non-hydrogen) atoms. The van der Waals surface area contributed by atoms with Gasteiger partial charge in [0.15, 0.2) is 4.60 Å². The highest BCUT2D eigenvalue weighted by molar-refractivity contribution is 9.10. The summed E-state index contributed by atoms with van der Waals surface area (Å²) in [5, 5.41) is 12.1. The fourth-order valence-corrected chi connectivity index (χ4v) is 4.16. The zero-order chi connectivity index (χ0) is 14.3. The lowest BCUT2D eigenvalue weighted by Gasteiger charge is -2.41. The molecule has 2 unspecified atom stereocenters. The second-order valence-electron chi connectivity index (χ2n) is 7.35. The van der Waals surface area contributed by atoms with Crippen molar-refractivity contribution in [2.24, 2.45) is 18.4 Å². The molecule has 1 aromatic heterocycles. The zero-order valence-corrected chi connectivity index (χ0v) is 14.3. The van der Waals surface area contributed by atoms with Crippen molar-refractivity contribution in [3.05, 3.63) is 10.3 Å². The Labute approximate surface area is 129 Å². The molecular weight excluding hydrogens is 316 g/mol. The first kappa shape index (κ1) is 14.5. The molecule has 2 aliphatic carbocycles. The third-order valence-corrected chi connectivity index (χ3v) is 5.52. The summed E-state index contributed by atoms with van der Waals surface area (Å²) >= 11 is 3.60. The first-order valence-electron chi connectivity index (χ1n) is 7.75. The lowest BCUT2D eigenvalue weighted by Crippen LogP contribution is -2.36. The summed E-state index contributed by atoms with van der Waals surface area (Å²) in [5.41, 5.74) is 1.70. The van der Waals surface area contributed by atoms with Gasteiger partial charge in [0.2, 0.25) is 0 Å². The van der Waals surface area contributed by atoms with Crippen molar-refractivity contribution >= 4 is 15.9 Å². The Bertz CT molecular complexity index is 457. The van der Waals surface area contributed by atoms with Gasteiger partial charge in [-0.15, -0.1) is 5.10 Å². The van der Waals surface area contributed by atoms with E-state index in [1.54, 1.807) is 0 Å². The van der Waals surface area contributed by atoms with Crippen molar-refractivity contribution in [3.8, 4) is 0 Å². The number of rotatable bonds is 4. The maximum Gasteiger partial charge on any atom is 0.151 e. The van der Waals surface area contributed by atoms with E-state index in [2.05, 4.69) is 45.4 Å². The molecule has 0 radical (unpaired) electrons. The molecule has 0 aromatic carbocycles. The Morgan fingerprint density at radius 1 is 1.35 bits per heavy atom. The van der Waals surface area contributed by atoms with Gasteiger partial charge in [0.1, 0.15) is 0 Å². The Balaban J connectivity index is 1.80. The van der Waals surface area contributed by atoms with E-state index in [-0.39, 0.29) is 0 Å². The molecule has 0 aliphatic heterocycles. The van der Waals surface area contributed by atoms with E-state index in [9.17, 15) is 0 Å². The van der Waals surface area contributed by atoms with Gasteiger partial charge in [-0.3, -0.25) is 4.68 Å². The van der Waals surface area contributed by atoms with Crippen LogP contribution in [0.2, 0.25) is 0 Å². The average molecular weight is 341 g/mol. The quantitative estimate of drug-likeness (QED) is 0.914. The van der Waals surface area contributed by atoms with Crippen LogP contribution in [0.15, 0.2) is 4.60 Å². The summed E-state index contributed by atoms with van der Waals surface area (Å²) in [6.45, 7) is 5.92. The monoisotopic (exact) mass is 340 g/mol. The van der Waals surface area contributed by atoms with Crippen LogP contribution in [-0.4, -0.2) is 27.6 Å². The van der Waals surface area contributed by atoms with Gasteiger partial charge >= 0.3 is 0 Å². The molecule has 4 nitrogen and oxygen atoms in total. The van der Waals surface area contributed by atoms with Gasteiger partial charge < -0.3 is 5.32 Å². The van der Waals surface area contributed by atoms with Crippen LogP contribution in [0.4, 0.5) is 0 Å². The SMILES string of the molecule is Cn1nnc(Br)c1C1CC(C)(C)CCC1CNC1CC1. The largest absolute Gasteiger partial charge is 0.314 e. The van der Waals surface area contributed by atoms with E-state index < -0.39 is 0 Å². The van der Waals surface area contributed by atoms with Crippen molar-refractivity contribution in [2.45, 2.75) is 57.9 Å². The molecule has 0 bridgehead atoms. The summed E-state index contributed by atoms with van der Waals surface area (Å²) < 4.78 is 2.89. The van der Waals surface area contributed by atoms with Crippen molar-refractivity contribution in [2.75, 3.05) is 6.54 Å². The third kappa shape index (κ3) is 3.08. The standard InChI is InChI=1S/C15H25BrN4/c1-15(2)7-6-10(9-17-11-4-5-11)12(8-15)13-14(16)18-19-20(13)3/h10-12,17H,4-9H2,1-3H3. The Kier molecular flexibility index (Phi) is 3.93. The van der Waals surface area contributed by atoms with Crippen LogP contribution in [0.5, 0.6) is 0 Å². The predicted molar refractivity (Wildman–Crippen MR) is 83.6 cm³/mol. The molecule has 112 valence electrons. The van der Waals surface area contributed by atoms with Crippen molar-refractivity contribution in [1.82, 2.24) is 20.3 Å². The summed E-state index contributed by atoms with van der Waals surface area (Å²) in [4.78, 5) is 0. The smallest absolute Gasteiger partial charge is 0.151 e. The van der Waals surface area contributed by atoms with Gasteiger partial charge in [0.25, 0.3) is 0 Å². The van der Waals surface area contributed by atoms with E-state index in [4.69, 9.17) is 0 Å². The minimum Gasteiger partial charge on any atom is -0.314 e. The van der Waals surface area contributed by atoms with E-state index in [0.717, 1.165) is 17.2 Å². The average Bonchev–Trinajstić information content (AvgIpc) is 3.13. The molecule has 1 heterocycles. The van der Waals surface area contributed by atoms with Crippen LogP contribution < -0.4 is 5.32 Å². The number of hydrogen-bond acceptors (Lipinski definition) is 3. The van der Waals surface area contributed by atoms with E-state index in [1.807, 2.05) is 11.7 Å². The number of aromatic nitrogens is 3. The number of nitrogens with one attached hydrogen (secondary N) is 1. The number of hydrogen-bond donors (Lipinski definition) is 1. The van der Waals surface area contributed by atoms with Crippen LogP contribution in [0.3, 0.4) is 0 Å². The molecule has 1 N–H and O–H groups in total. The molecule has 0 spiro atoms. The van der Waals surface area contributed by atoms with E-state index in [1.165, 1.54) is 37.8 Å². The second kappa shape index (κ2) is 5.41. The van der Waals surface area contributed by atoms with Gasteiger partial charge in [0.05, 0.1) is 5.69 Å². The van der Waals surface area contributed by atoms with Crippen molar-refractivity contribution < 1.29 is 0 Å². The molecule has 2 aliphatic rings. The Morgan fingerprint density at radius 3 is 2.70 bits per heavy atom. The molecule has 2 fully saturated rings. The number of aryl methyl sites for hydroxylation is 1. The highest BCUT2D eigenvalue weighted by Gasteiger charge is 2.38. The van der Waals surface area contributed by atoms with Crippen molar-refractivity contribution in [1.29, 1.82) is 0 Å². The van der Waals surface area contributed by atoms with Gasteiger partial charge in [-0.1, -0.05) is 19.1 Å². The summed E-state index contributed by atoms with van der Waals surface area (Å²) in [7, 11) is 2.01. The molecule has 2 atom stereocenters. The molecule has 3 rings (SSSR count). The van der Waals surface area contributed by atoms with Crippen molar-refractivity contribution in [3.63, 3.8) is 0 Å². The second-order valence-corrected chi connectivity index (χ2v) is 8.10. The van der Waals surface area contributed by atoms with Crippen LogP contribution >= 0.6 is 15.9 Å².